The number of rotatable bonds is 1. The molecule has 0 radical (unpaired) electrons. The fraction of sp³-hybridized carbons (Fsp3) is 0.182. The molecule has 0 fully saturated rings. The first kappa shape index (κ1) is 9.49. The number of carbonyl (C=O) groups is 1. The molecular weight excluding hydrogens is 194 g/mol. The molecule has 4 nitrogen and oxygen atoms in total. The third-order valence-corrected chi connectivity index (χ3v) is 1.91. The van der Waals surface area contributed by atoms with Crippen LogP contribution in [0.4, 0.5) is 0 Å². The molecule has 1 aromatic rings. The molecular formula is C11H9NO3. The zero-order valence-electron chi connectivity index (χ0n) is 8.19. The smallest absolute Gasteiger partial charge is 0.285 e. The molecule has 0 N–H and O–H groups in total. The number of hydrogen-bond donors (Lipinski definition) is 0. The van der Waals surface area contributed by atoms with Gasteiger partial charge in [0.25, 0.3) is 5.91 Å². The molecule has 15 heavy (non-hydrogen) atoms. The van der Waals surface area contributed by atoms with Crippen LogP contribution in [0.1, 0.15) is 17.3 Å². The lowest BCUT2D eigenvalue weighted by atomic mass is 10.2. The topological polar surface area (TPSA) is 47.9 Å². The van der Waals surface area contributed by atoms with E-state index in [2.05, 4.69) is 10.9 Å². The van der Waals surface area contributed by atoms with E-state index < -0.39 is 0 Å². The molecule has 2 rings (SSSR count). The van der Waals surface area contributed by atoms with Crippen molar-refractivity contribution >= 4 is 11.8 Å². The third kappa shape index (κ3) is 1.90. The number of nitrogens with zero attached hydrogens (tertiary/aromatic N) is 1. The van der Waals surface area contributed by atoms with Crippen molar-refractivity contribution in [3.8, 4) is 11.5 Å². The van der Waals surface area contributed by atoms with E-state index in [1.165, 1.54) is 0 Å². The van der Waals surface area contributed by atoms with Crippen LogP contribution in [0.2, 0.25) is 0 Å². The molecule has 4 heteroatoms. The van der Waals surface area contributed by atoms with Crippen LogP contribution in [-0.4, -0.2) is 18.6 Å². The monoisotopic (exact) mass is 203 g/mol. The molecule has 0 spiro atoms. The highest BCUT2D eigenvalue weighted by Crippen LogP contribution is 2.32. The van der Waals surface area contributed by atoms with Gasteiger partial charge in [-0.3, -0.25) is 4.79 Å². The maximum absolute atomic E-state index is 11.5. The summed E-state index contributed by atoms with van der Waals surface area (Å²) >= 11 is 0. The molecule has 1 heterocycles. The van der Waals surface area contributed by atoms with Gasteiger partial charge in [0.15, 0.2) is 11.5 Å². The van der Waals surface area contributed by atoms with Gasteiger partial charge in [0.05, 0.1) is 0 Å². The highest BCUT2D eigenvalue weighted by atomic mass is 16.7. The van der Waals surface area contributed by atoms with Gasteiger partial charge in [-0.25, -0.2) is 0 Å². The Hall–Kier alpha value is -2.06. The second-order valence-corrected chi connectivity index (χ2v) is 2.90. The minimum atomic E-state index is -0.341. The lowest BCUT2D eigenvalue weighted by molar-refractivity contribution is 0.100. The first-order valence-electron chi connectivity index (χ1n) is 4.49. The minimum Gasteiger partial charge on any atom is -0.454 e. The quantitative estimate of drug-likeness (QED) is 0.654. The van der Waals surface area contributed by atoms with Crippen LogP contribution in [0.5, 0.6) is 11.5 Å². The van der Waals surface area contributed by atoms with Gasteiger partial charge >= 0.3 is 0 Å². The molecule has 76 valence electrons. The summed E-state index contributed by atoms with van der Waals surface area (Å²) in [5, 5.41) is 0. The van der Waals surface area contributed by atoms with E-state index in [9.17, 15) is 4.79 Å². The van der Waals surface area contributed by atoms with E-state index >= 15 is 0 Å². The normalized spacial score (nSPS) is 11.8. The van der Waals surface area contributed by atoms with Gasteiger partial charge in [-0.05, 0) is 37.1 Å². The second kappa shape index (κ2) is 3.98. The van der Waals surface area contributed by atoms with Gasteiger partial charge in [0.2, 0.25) is 6.79 Å². The summed E-state index contributed by atoms with van der Waals surface area (Å²) in [5.74, 6) is 3.39. The Morgan fingerprint density at radius 2 is 2.27 bits per heavy atom. The summed E-state index contributed by atoms with van der Waals surface area (Å²) < 4.78 is 10.3. The Bertz CT molecular complexity index is 459. The Kier molecular flexibility index (Phi) is 2.52. The van der Waals surface area contributed by atoms with E-state index in [1.54, 1.807) is 31.2 Å². The molecule has 0 bridgehead atoms. The van der Waals surface area contributed by atoms with Crippen LogP contribution in [0, 0.1) is 0 Å². The van der Waals surface area contributed by atoms with Crippen LogP contribution in [0.15, 0.2) is 29.3 Å². The number of fused-ring (bicyclic) bond motifs is 1. The summed E-state index contributed by atoms with van der Waals surface area (Å²) in [6.07, 6.45) is 1.57. The van der Waals surface area contributed by atoms with Crippen LogP contribution in [0.25, 0.3) is 0 Å². The van der Waals surface area contributed by atoms with Crippen molar-refractivity contribution in [2.45, 2.75) is 6.92 Å². The highest BCUT2D eigenvalue weighted by Gasteiger charge is 2.15. The van der Waals surface area contributed by atoms with Crippen molar-refractivity contribution in [2.75, 3.05) is 6.79 Å². The number of carbonyl (C=O) groups excluding carboxylic acids is 1. The number of allylic oxidation sites excluding steroid dienone is 1. The van der Waals surface area contributed by atoms with Gasteiger partial charge in [0, 0.05) is 5.56 Å². The summed E-state index contributed by atoms with van der Waals surface area (Å²) in [6.45, 7) is 1.95. The predicted molar refractivity (Wildman–Crippen MR) is 54.6 cm³/mol. The summed E-state index contributed by atoms with van der Waals surface area (Å²) in [5.41, 5.74) is 0.466. The van der Waals surface area contributed by atoms with Crippen molar-refractivity contribution in [2.24, 2.45) is 4.99 Å². The first-order valence-corrected chi connectivity index (χ1v) is 4.49. The van der Waals surface area contributed by atoms with E-state index in [1.807, 2.05) is 0 Å². The summed E-state index contributed by atoms with van der Waals surface area (Å²) in [4.78, 5) is 15.1. The van der Waals surface area contributed by atoms with E-state index in [-0.39, 0.29) is 12.7 Å². The average Bonchev–Trinajstić information content (AvgIpc) is 2.72. The average molecular weight is 203 g/mol. The van der Waals surface area contributed by atoms with Crippen molar-refractivity contribution < 1.29 is 14.3 Å². The minimum absolute atomic E-state index is 0.200. The van der Waals surface area contributed by atoms with Gasteiger partial charge in [-0.1, -0.05) is 0 Å². The number of ether oxygens (including phenoxy) is 2. The Morgan fingerprint density at radius 3 is 3.07 bits per heavy atom. The Labute approximate surface area is 86.8 Å². The lowest BCUT2D eigenvalue weighted by Crippen LogP contribution is -1.94. The van der Waals surface area contributed by atoms with E-state index in [0.717, 1.165) is 0 Å². The number of hydrogen-bond acceptors (Lipinski definition) is 3. The molecule has 0 aromatic heterocycles. The maximum atomic E-state index is 11.5. The number of aliphatic imine (C=N–C) groups is 1. The third-order valence-electron chi connectivity index (χ3n) is 1.91. The van der Waals surface area contributed by atoms with Crippen molar-refractivity contribution in [1.82, 2.24) is 0 Å². The molecule has 1 aliphatic heterocycles. The molecule has 0 atom stereocenters. The summed E-state index contributed by atoms with van der Waals surface area (Å²) in [7, 11) is 0. The highest BCUT2D eigenvalue weighted by molar-refractivity contribution is 5.98. The molecule has 0 saturated heterocycles. The zero-order chi connectivity index (χ0) is 10.7. The molecule has 0 aliphatic carbocycles. The van der Waals surface area contributed by atoms with E-state index in [4.69, 9.17) is 9.47 Å². The second-order valence-electron chi connectivity index (χ2n) is 2.90. The molecule has 1 amide bonds. The molecule has 0 unspecified atom stereocenters. The van der Waals surface area contributed by atoms with Gasteiger partial charge < -0.3 is 9.47 Å². The van der Waals surface area contributed by atoms with Crippen LogP contribution >= 0.6 is 0 Å². The van der Waals surface area contributed by atoms with Gasteiger partial charge in [-0.15, -0.1) is 0 Å². The predicted octanol–water partition coefficient (Wildman–Crippen LogP) is 1.80. The van der Waals surface area contributed by atoms with Crippen molar-refractivity contribution in [3.63, 3.8) is 0 Å². The first-order chi connectivity index (χ1) is 7.31. The van der Waals surface area contributed by atoms with Crippen LogP contribution in [-0.2, 0) is 0 Å². The fourth-order valence-corrected chi connectivity index (χ4v) is 1.22. The lowest BCUT2D eigenvalue weighted by Gasteiger charge is -1.97. The fourth-order valence-electron chi connectivity index (χ4n) is 1.22. The molecule has 1 aromatic carbocycles. The SMILES string of the molecule is CC=C=NC(=O)c1ccc2c(c1)OCO2. The van der Waals surface area contributed by atoms with Crippen LogP contribution < -0.4 is 9.47 Å². The van der Waals surface area contributed by atoms with Crippen molar-refractivity contribution in [1.29, 1.82) is 0 Å². The van der Waals surface area contributed by atoms with E-state index in [0.29, 0.717) is 17.1 Å². The Morgan fingerprint density at radius 1 is 1.47 bits per heavy atom. The largest absolute Gasteiger partial charge is 0.454 e. The van der Waals surface area contributed by atoms with Gasteiger partial charge in [0.1, 0.15) is 0 Å². The van der Waals surface area contributed by atoms with Gasteiger partial charge in [-0.2, -0.15) is 4.99 Å². The Balaban J connectivity index is 2.30. The molecule has 0 saturated carbocycles. The van der Waals surface area contributed by atoms with Crippen molar-refractivity contribution in [3.05, 3.63) is 29.8 Å². The zero-order valence-corrected chi connectivity index (χ0v) is 8.19. The summed E-state index contributed by atoms with van der Waals surface area (Å²) in [6, 6.07) is 4.96. The standard InChI is InChI=1S/C11H9NO3/c1-2-5-12-11(13)8-3-4-9-10(6-8)15-7-14-9/h2-4,6H,7H2,1H3. The maximum Gasteiger partial charge on any atom is 0.285 e. The van der Waals surface area contributed by atoms with Crippen LogP contribution in [0.3, 0.4) is 0 Å². The molecule has 1 aliphatic rings. The number of benzene rings is 1. The number of amides is 1.